The largest absolute Gasteiger partial charge is 0.444 e. The fourth-order valence-electron chi connectivity index (χ4n) is 3.31. The maximum Gasteiger partial charge on any atom is 0.408 e. The molecule has 1 aliphatic rings. The summed E-state index contributed by atoms with van der Waals surface area (Å²) in [4.78, 5) is 24.9. The Balaban J connectivity index is 2.10. The van der Waals surface area contributed by atoms with Gasteiger partial charge in [-0.25, -0.2) is 13.6 Å². The van der Waals surface area contributed by atoms with Gasteiger partial charge in [0.1, 0.15) is 17.2 Å². The summed E-state index contributed by atoms with van der Waals surface area (Å²) in [6.45, 7) is 6.98. The Morgan fingerprint density at radius 1 is 1.13 bits per heavy atom. The van der Waals surface area contributed by atoms with Crippen molar-refractivity contribution in [1.29, 1.82) is 0 Å². The first-order chi connectivity index (χ1) is 14.5. The van der Waals surface area contributed by atoms with Crippen LogP contribution in [0.25, 0.3) is 11.1 Å². The molecule has 0 saturated carbocycles. The third kappa shape index (κ3) is 5.90. The van der Waals surface area contributed by atoms with E-state index in [1.54, 1.807) is 45.9 Å². The number of nitrogens with one attached hydrogen (secondary N) is 2. The van der Waals surface area contributed by atoms with Crippen LogP contribution >= 0.6 is 0 Å². The molecular weight excluding hydrogens is 402 g/mol. The number of carbonyl (C=O) groups is 2. The van der Waals surface area contributed by atoms with Gasteiger partial charge in [-0.05, 0) is 74.7 Å². The number of hydrogen-bond acceptors (Lipinski definition) is 3. The number of benzene rings is 2. The zero-order chi connectivity index (χ0) is 22.8. The van der Waals surface area contributed by atoms with Crippen LogP contribution in [0.5, 0.6) is 0 Å². The molecule has 0 aliphatic carbocycles. The van der Waals surface area contributed by atoms with Crippen molar-refractivity contribution in [1.82, 2.24) is 5.32 Å². The first-order valence-electron chi connectivity index (χ1n) is 10.1. The Morgan fingerprint density at radius 2 is 1.87 bits per heavy atom. The Bertz CT molecular complexity index is 1030. The topological polar surface area (TPSA) is 67.4 Å². The highest BCUT2D eigenvalue weighted by Gasteiger charge is 2.22. The first kappa shape index (κ1) is 22.5. The summed E-state index contributed by atoms with van der Waals surface area (Å²) >= 11 is 0. The number of ether oxygens (including phenoxy) is 1. The van der Waals surface area contributed by atoms with E-state index in [9.17, 15) is 18.4 Å². The van der Waals surface area contributed by atoms with E-state index >= 15 is 0 Å². The molecule has 5 nitrogen and oxygen atoms in total. The molecule has 0 radical (unpaired) electrons. The van der Waals surface area contributed by atoms with Crippen LogP contribution in [0.4, 0.5) is 19.3 Å². The van der Waals surface area contributed by atoms with Gasteiger partial charge in [0.25, 0.3) is 0 Å². The van der Waals surface area contributed by atoms with Crippen LogP contribution in [0, 0.1) is 17.6 Å². The standard InChI is InChI=1S/C24H26F2N2O3/c1-14-6-5-7-20(28-23(30)31-24(2,3)4)16-10-15(11-18(26)12-16)19-13-17(25)8-9-21(19)27-22(14)29/h5-6,8-14,20H,7H2,1-4H3,(H,27,29)(H,28,30)/b6-5+/t14-,20+/m1/s1. The average Bonchev–Trinajstić information content (AvgIpc) is 2.65. The molecule has 0 saturated heterocycles. The summed E-state index contributed by atoms with van der Waals surface area (Å²) in [5.41, 5.74) is 0.919. The van der Waals surface area contributed by atoms with Crippen LogP contribution in [0.2, 0.25) is 0 Å². The number of hydrogen-bond donors (Lipinski definition) is 2. The molecule has 2 atom stereocenters. The normalized spacial score (nSPS) is 19.9. The zero-order valence-corrected chi connectivity index (χ0v) is 18.0. The second-order valence-corrected chi connectivity index (χ2v) is 8.60. The Labute approximate surface area is 180 Å². The first-order valence-corrected chi connectivity index (χ1v) is 10.1. The molecule has 0 spiro atoms. The maximum atomic E-state index is 14.6. The van der Waals surface area contributed by atoms with Gasteiger partial charge in [-0.1, -0.05) is 19.1 Å². The smallest absolute Gasteiger partial charge is 0.408 e. The maximum absolute atomic E-state index is 14.6. The SMILES string of the molecule is C[C@@H]1/C=C/C[C@H](NC(=O)OC(C)(C)C)c2cc(F)cc(c2)-c2cc(F)ccc2NC1=O. The highest BCUT2D eigenvalue weighted by atomic mass is 19.1. The van der Waals surface area contributed by atoms with Crippen molar-refractivity contribution in [3.8, 4) is 11.1 Å². The fraction of sp³-hybridized carbons (Fsp3) is 0.333. The number of alkyl carbamates (subject to hydrolysis) is 1. The molecule has 2 bridgehead atoms. The van der Waals surface area contributed by atoms with E-state index in [2.05, 4.69) is 10.6 Å². The highest BCUT2D eigenvalue weighted by molar-refractivity contribution is 5.97. The second-order valence-electron chi connectivity index (χ2n) is 8.60. The molecule has 2 N–H and O–H groups in total. The minimum absolute atomic E-state index is 0.280. The van der Waals surface area contributed by atoms with Crippen molar-refractivity contribution >= 4 is 17.7 Å². The minimum atomic E-state index is -0.693. The van der Waals surface area contributed by atoms with E-state index in [0.29, 0.717) is 28.8 Å². The lowest BCUT2D eigenvalue weighted by Gasteiger charge is -2.24. The Kier molecular flexibility index (Phi) is 6.43. The minimum Gasteiger partial charge on any atom is -0.444 e. The van der Waals surface area contributed by atoms with E-state index in [1.165, 1.54) is 30.3 Å². The quantitative estimate of drug-likeness (QED) is 0.570. The molecule has 0 aromatic heterocycles. The lowest BCUT2D eigenvalue weighted by molar-refractivity contribution is -0.118. The molecule has 3 rings (SSSR count). The molecule has 2 aromatic carbocycles. The van der Waals surface area contributed by atoms with Crippen molar-refractivity contribution in [3.63, 3.8) is 0 Å². The van der Waals surface area contributed by atoms with Gasteiger partial charge in [0.2, 0.25) is 5.91 Å². The van der Waals surface area contributed by atoms with Crippen molar-refractivity contribution < 1.29 is 23.1 Å². The zero-order valence-electron chi connectivity index (χ0n) is 18.0. The van der Waals surface area contributed by atoms with E-state index in [4.69, 9.17) is 4.74 Å². The van der Waals surface area contributed by atoms with Crippen LogP contribution in [0.3, 0.4) is 0 Å². The molecule has 1 aliphatic heterocycles. The third-order valence-corrected chi connectivity index (χ3v) is 4.77. The summed E-state index contributed by atoms with van der Waals surface area (Å²) in [7, 11) is 0. The Hall–Kier alpha value is -3.22. The van der Waals surface area contributed by atoms with E-state index in [0.717, 1.165) is 0 Å². The summed E-state index contributed by atoms with van der Waals surface area (Å²) in [6, 6.07) is 7.60. The summed E-state index contributed by atoms with van der Waals surface area (Å²) in [5, 5.41) is 5.55. The van der Waals surface area contributed by atoms with Crippen molar-refractivity contribution in [2.45, 2.75) is 45.8 Å². The molecular formula is C24H26F2N2O3. The molecule has 2 amide bonds. The second kappa shape index (κ2) is 8.88. The summed E-state index contributed by atoms with van der Waals surface area (Å²) in [5.74, 6) is -1.80. The third-order valence-electron chi connectivity index (χ3n) is 4.77. The van der Waals surface area contributed by atoms with Gasteiger partial charge in [-0.3, -0.25) is 4.79 Å². The Morgan fingerprint density at radius 3 is 2.58 bits per heavy atom. The van der Waals surface area contributed by atoms with E-state index in [1.807, 2.05) is 0 Å². The van der Waals surface area contributed by atoms with Gasteiger partial charge in [0.05, 0.1) is 12.0 Å². The predicted octanol–water partition coefficient (Wildman–Crippen LogP) is 5.73. The van der Waals surface area contributed by atoms with Crippen LogP contribution in [-0.4, -0.2) is 17.6 Å². The molecule has 2 aromatic rings. The monoisotopic (exact) mass is 428 g/mol. The summed E-state index contributed by atoms with van der Waals surface area (Å²) in [6.07, 6.45) is 3.16. The lowest BCUT2D eigenvalue weighted by Crippen LogP contribution is -2.35. The van der Waals surface area contributed by atoms with Crippen molar-refractivity contribution in [2.75, 3.05) is 5.32 Å². The molecule has 0 unspecified atom stereocenters. The van der Waals surface area contributed by atoms with Crippen LogP contribution in [0.15, 0.2) is 48.6 Å². The van der Waals surface area contributed by atoms with E-state index in [-0.39, 0.29) is 5.91 Å². The number of rotatable bonds is 1. The van der Waals surface area contributed by atoms with Crippen LogP contribution in [0.1, 0.15) is 45.7 Å². The molecule has 7 heteroatoms. The molecule has 1 heterocycles. The number of amides is 2. The highest BCUT2D eigenvalue weighted by Crippen LogP contribution is 2.33. The van der Waals surface area contributed by atoms with Gasteiger partial charge < -0.3 is 15.4 Å². The lowest BCUT2D eigenvalue weighted by atomic mass is 9.95. The van der Waals surface area contributed by atoms with Crippen LogP contribution in [-0.2, 0) is 9.53 Å². The van der Waals surface area contributed by atoms with Crippen LogP contribution < -0.4 is 10.6 Å². The van der Waals surface area contributed by atoms with Gasteiger partial charge in [-0.15, -0.1) is 0 Å². The van der Waals surface area contributed by atoms with Gasteiger partial charge >= 0.3 is 6.09 Å². The predicted molar refractivity (Wildman–Crippen MR) is 115 cm³/mol. The molecule has 0 fully saturated rings. The average molecular weight is 428 g/mol. The van der Waals surface area contributed by atoms with E-state index < -0.39 is 35.3 Å². The number of carbonyl (C=O) groups excluding carboxylic acids is 2. The molecule has 31 heavy (non-hydrogen) atoms. The van der Waals surface area contributed by atoms with Gasteiger partial charge in [0, 0.05) is 11.3 Å². The number of fused-ring (bicyclic) bond motifs is 4. The number of halogens is 2. The fourth-order valence-corrected chi connectivity index (χ4v) is 3.31. The molecule has 164 valence electrons. The number of anilines is 1. The van der Waals surface area contributed by atoms with Gasteiger partial charge in [0.15, 0.2) is 0 Å². The van der Waals surface area contributed by atoms with Gasteiger partial charge in [-0.2, -0.15) is 0 Å². The van der Waals surface area contributed by atoms with Crippen molar-refractivity contribution in [2.24, 2.45) is 5.92 Å². The van der Waals surface area contributed by atoms with Crippen molar-refractivity contribution in [3.05, 3.63) is 65.7 Å². The summed E-state index contributed by atoms with van der Waals surface area (Å²) < 4.78 is 33.9.